The van der Waals surface area contributed by atoms with E-state index in [0.717, 1.165) is 25.9 Å². The van der Waals surface area contributed by atoms with Crippen LogP contribution in [0.4, 0.5) is 4.79 Å². The molecule has 1 saturated heterocycles. The van der Waals surface area contributed by atoms with Crippen molar-refractivity contribution in [2.75, 3.05) is 19.8 Å². The first-order chi connectivity index (χ1) is 8.96. The van der Waals surface area contributed by atoms with Gasteiger partial charge in [0, 0.05) is 19.3 Å². The van der Waals surface area contributed by atoms with Crippen molar-refractivity contribution < 1.29 is 14.3 Å². The van der Waals surface area contributed by atoms with E-state index < -0.39 is 5.60 Å². The quantitative estimate of drug-likeness (QED) is 0.772. The highest BCUT2D eigenvalue weighted by Gasteiger charge is 2.31. The van der Waals surface area contributed by atoms with Gasteiger partial charge >= 0.3 is 6.09 Å². The van der Waals surface area contributed by atoms with Crippen LogP contribution in [-0.2, 0) is 9.47 Å². The van der Waals surface area contributed by atoms with Gasteiger partial charge in [-0.25, -0.2) is 4.79 Å². The number of hydrogen-bond donors (Lipinski definition) is 0. The highest BCUT2D eigenvalue weighted by molar-refractivity contribution is 5.68. The fraction of sp³-hybridized carbons (Fsp3) is 0.786. The Morgan fingerprint density at radius 1 is 1.42 bits per heavy atom. The second-order valence-electron chi connectivity index (χ2n) is 6.18. The molecule has 0 N–H and O–H groups in total. The normalized spacial score (nSPS) is 23.4. The van der Waals surface area contributed by atoms with Gasteiger partial charge in [0.25, 0.3) is 0 Å². The van der Waals surface area contributed by atoms with Crippen molar-refractivity contribution in [1.82, 2.24) is 9.80 Å². The Labute approximate surface area is 115 Å². The second kappa shape index (κ2) is 5.72. The molecule has 0 bridgehead atoms. The van der Waals surface area contributed by atoms with Crippen molar-refractivity contribution in [1.29, 1.82) is 0 Å². The highest BCUT2D eigenvalue weighted by atomic mass is 16.6. The zero-order valence-corrected chi connectivity index (χ0v) is 12.1. The zero-order chi connectivity index (χ0) is 13.9. The van der Waals surface area contributed by atoms with Gasteiger partial charge in [0.2, 0.25) is 0 Å². The number of carbonyl (C=O) groups is 1. The zero-order valence-electron chi connectivity index (χ0n) is 12.1. The number of carbonyl (C=O) groups excluding carboxylic acids is 1. The first-order valence-electron chi connectivity index (χ1n) is 6.98. The largest absolute Gasteiger partial charge is 0.479 e. The molecule has 2 heterocycles. The summed E-state index contributed by atoms with van der Waals surface area (Å²) in [6.07, 6.45) is 6.69. The molecule has 2 rings (SSSR count). The van der Waals surface area contributed by atoms with E-state index in [0.29, 0.717) is 6.73 Å². The van der Waals surface area contributed by atoms with Crippen molar-refractivity contribution >= 4 is 6.09 Å². The summed E-state index contributed by atoms with van der Waals surface area (Å²) in [5.74, 6) is 0. The first kappa shape index (κ1) is 14.0. The van der Waals surface area contributed by atoms with Gasteiger partial charge in [-0.3, -0.25) is 0 Å². The Kier molecular flexibility index (Phi) is 4.22. The molecule has 2 aliphatic heterocycles. The third-order valence-electron chi connectivity index (χ3n) is 3.31. The SMILES string of the molecule is CC(C)(C)OC(=O)N1CCCCC1CN1C=COC1. The van der Waals surface area contributed by atoms with Crippen LogP contribution >= 0.6 is 0 Å². The molecule has 1 unspecified atom stereocenters. The van der Waals surface area contributed by atoms with E-state index in [4.69, 9.17) is 9.47 Å². The van der Waals surface area contributed by atoms with Gasteiger partial charge in [0.1, 0.15) is 11.9 Å². The molecule has 0 aromatic carbocycles. The molecule has 19 heavy (non-hydrogen) atoms. The van der Waals surface area contributed by atoms with Gasteiger partial charge < -0.3 is 19.3 Å². The van der Waals surface area contributed by atoms with E-state index in [2.05, 4.69) is 4.90 Å². The molecule has 0 spiro atoms. The minimum Gasteiger partial charge on any atom is -0.479 e. The minimum absolute atomic E-state index is 0.193. The van der Waals surface area contributed by atoms with Crippen LogP contribution in [0.3, 0.4) is 0 Å². The number of amides is 1. The van der Waals surface area contributed by atoms with Gasteiger partial charge in [-0.15, -0.1) is 0 Å². The Hall–Kier alpha value is -1.39. The highest BCUT2D eigenvalue weighted by Crippen LogP contribution is 2.21. The molecule has 5 heteroatoms. The van der Waals surface area contributed by atoms with E-state index in [-0.39, 0.29) is 12.1 Å². The van der Waals surface area contributed by atoms with Crippen LogP contribution in [0.15, 0.2) is 12.5 Å². The summed E-state index contributed by atoms with van der Waals surface area (Å²) in [6, 6.07) is 0.218. The predicted molar refractivity (Wildman–Crippen MR) is 72.4 cm³/mol. The number of rotatable bonds is 2. The molecule has 0 aromatic rings. The molecular formula is C14H24N2O3. The van der Waals surface area contributed by atoms with Crippen LogP contribution in [-0.4, -0.2) is 47.4 Å². The van der Waals surface area contributed by atoms with Crippen molar-refractivity contribution in [3.8, 4) is 0 Å². The number of ether oxygens (including phenoxy) is 2. The van der Waals surface area contributed by atoms with E-state index in [1.165, 1.54) is 6.42 Å². The molecule has 0 radical (unpaired) electrons. The topological polar surface area (TPSA) is 42.0 Å². The predicted octanol–water partition coefficient (Wildman–Crippen LogP) is 2.54. The third kappa shape index (κ3) is 4.04. The number of likely N-dealkylation sites (tertiary alicyclic amines) is 1. The average molecular weight is 268 g/mol. The van der Waals surface area contributed by atoms with Crippen LogP contribution in [0.25, 0.3) is 0 Å². The third-order valence-corrected chi connectivity index (χ3v) is 3.31. The van der Waals surface area contributed by atoms with Crippen molar-refractivity contribution in [2.24, 2.45) is 0 Å². The van der Waals surface area contributed by atoms with Gasteiger partial charge in [-0.2, -0.15) is 0 Å². The molecule has 5 nitrogen and oxygen atoms in total. The van der Waals surface area contributed by atoms with Crippen LogP contribution in [0.1, 0.15) is 40.0 Å². The van der Waals surface area contributed by atoms with Crippen LogP contribution < -0.4 is 0 Å². The molecule has 2 aliphatic rings. The summed E-state index contributed by atoms with van der Waals surface area (Å²) in [5, 5.41) is 0. The average Bonchev–Trinajstić information content (AvgIpc) is 2.80. The van der Waals surface area contributed by atoms with Gasteiger partial charge in [-0.05, 0) is 40.0 Å². The first-order valence-corrected chi connectivity index (χ1v) is 6.98. The van der Waals surface area contributed by atoms with Crippen molar-refractivity contribution in [2.45, 2.75) is 51.7 Å². The molecule has 1 atom stereocenters. The maximum atomic E-state index is 12.2. The summed E-state index contributed by atoms with van der Waals surface area (Å²) in [5.41, 5.74) is -0.435. The lowest BCUT2D eigenvalue weighted by atomic mass is 10.0. The Bertz CT molecular complexity index is 349. The van der Waals surface area contributed by atoms with Crippen molar-refractivity contribution in [3.05, 3.63) is 12.5 Å². The number of hydrogen-bond acceptors (Lipinski definition) is 4. The van der Waals surface area contributed by atoms with Crippen LogP contribution in [0.5, 0.6) is 0 Å². The monoisotopic (exact) mass is 268 g/mol. The van der Waals surface area contributed by atoms with E-state index >= 15 is 0 Å². The van der Waals surface area contributed by atoms with Gasteiger partial charge in [0.05, 0.1) is 6.04 Å². The minimum atomic E-state index is -0.435. The fourth-order valence-electron chi connectivity index (χ4n) is 2.45. The molecule has 1 amide bonds. The fourth-order valence-corrected chi connectivity index (χ4v) is 2.45. The van der Waals surface area contributed by atoms with E-state index in [9.17, 15) is 4.79 Å². The summed E-state index contributed by atoms with van der Waals surface area (Å²) >= 11 is 0. The lowest BCUT2D eigenvalue weighted by Gasteiger charge is -2.38. The summed E-state index contributed by atoms with van der Waals surface area (Å²) in [4.78, 5) is 16.2. The molecule has 108 valence electrons. The van der Waals surface area contributed by atoms with Crippen LogP contribution in [0, 0.1) is 0 Å². The molecule has 1 fully saturated rings. The molecule has 0 aliphatic carbocycles. The summed E-state index contributed by atoms with van der Waals surface area (Å²) in [6.45, 7) is 7.90. The van der Waals surface area contributed by atoms with Gasteiger partial charge in [0.15, 0.2) is 6.73 Å². The van der Waals surface area contributed by atoms with Gasteiger partial charge in [-0.1, -0.05) is 0 Å². The molecule has 0 aromatic heterocycles. The number of piperidine rings is 1. The Morgan fingerprint density at radius 2 is 2.21 bits per heavy atom. The number of nitrogens with zero attached hydrogens (tertiary/aromatic N) is 2. The molecule has 0 saturated carbocycles. The standard InChI is InChI=1S/C14H24N2O3/c1-14(2,3)19-13(17)16-7-5-4-6-12(16)10-15-8-9-18-11-15/h8-9,12H,4-7,10-11H2,1-3H3. The Balaban J connectivity index is 1.94. The maximum Gasteiger partial charge on any atom is 0.410 e. The lowest BCUT2D eigenvalue weighted by Crippen LogP contribution is -2.50. The van der Waals surface area contributed by atoms with Crippen LogP contribution in [0.2, 0.25) is 0 Å². The van der Waals surface area contributed by atoms with E-state index in [1.54, 1.807) is 6.26 Å². The second-order valence-corrected chi connectivity index (χ2v) is 6.18. The van der Waals surface area contributed by atoms with Crippen molar-refractivity contribution in [3.63, 3.8) is 0 Å². The maximum absolute atomic E-state index is 12.2. The molecular weight excluding hydrogens is 244 g/mol. The Morgan fingerprint density at radius 3 is 2.84 bits per heavy atom. The summed E-state index contributed by atoms with van der Waals surface area (Å²) in [7, 11) is 0. The lowest BCUT2D eigenvalue weighted by molar-refractivity contribution is 0.00497. The summed E-state index contributed by atoms with van der Waals surface area (Å²) < 4.78 is 10.7. The van der Waals surface area contributed by atoms with E-state index in [1.807, 2.05) is 31.9 Å². The smallest absolute Gasteiger partial charge is 0.410 e.